The lowest BCUT2D eigenvalue weighted by Crippen LogP contribution is -2.30. The molecule has 2 aromatic carbocycles. The first-order valence-corrected chi connectivity index (χ1v) is 7.67. The number of non-ortho nitro benzene ring substituents is 1. The number of nitrogens with zero attached hydrogens (tertiary/aromatic N) is 2. The zero-order valence-electron chi connectivity index (χ0n) is 12.7. The number of nitro groups is 1. The number of hydrogen-bond acceptors (Lipinski definition) is 4. The van der Waals surface area contributed by atoms with Gasteiger partial charge in [-0.2, -0.15) is 0 Å². The molecule has 120 valence electrons. The van der Waals surface area contributed by atoms with Gasteiger partial charge >= 0.3 is 0 Å². The van der Waals surface area contributed by atoms with Gasteiger partial charge in [-0.1, -0.05) is 15.9 Å². The number of benzene rings is 2. The number of hydrogen-bond donors (Lipinski definition) is 1. The van der Waals surface area contributed by atoms with Gasteiger partial charge in [0, 0.05) is 35.0 Å². The molecule has 0 unspecified atom stereocenters. The van der Waals surface area contributed by atoms with Gasteiger partial charge in [-0.25, -0.2) is 0 Å². The summed E-state index contributed by atoms with van der Waals surface area (Å²) in [6, 6.07) is 11.7. The Hall–Kier alpha value is -2.41. The summed E-state index contributed by atoms with van der Waals surface area (Å²) in [5, 5.41) is 13.5. The van der Waals surface area contributed by atoms with Crippen LogP contribution in [0.4, 0.5) is 17.1 Å². The second-order valence-corrected chi connectivity index (χ2v) is 6.05. The lowest BCUT2D eigenvalue weighted by atomic mass is 10.2. The Balaban J connectivity index is 2.00. The van der Waals surface area contributed by atoms with Gasteiger partial charge in [0.1, 0.15) is 0 Å². The van der Waals surface area contributed by atoms with Crippen LogP contribution in [-0.2, 0) is 4.79 Å². The van der Waals surface area contributed by atoms with Gasteiger partial charge in [0.25, 0.3) is 5.69 Å². The lowest BCUT2D eigenvalue weighted by Gasteiger charge is -2.19. The van der Waals surface area contributed by atoms with Crippen LogP contribution in [-0.4, -0.2) is 24.4 Å². The molecule has 1 amide bonds. The number of carbonyl (C=O) groups is 1. The van der Waals surface area contributed by atoms with E-state index in [9.17, 15) is 14.9 Å². The summed E-state index contributed by atoms with van der Waals surface area (Å²) in [5.74, 6) is -0.156. The first-order chi connectivity index (χ1) is 10.9. The summed E-state index contributed by atoms with van der Waals surface area (Å²) in [6.45, 7) is 2.06. The number of carbonyl (C=O) groups excluding carboxylic acids is 1. The molecule has 6 nitrogen and oxygen atoms in total. The first-order valence-electron chi connectivity index (χ1n) is 6.88. The molecule has 2 aromatic rings. The molecule has 0 aliphatic carbocycles. The van der Waals surface area contributed by atoms with Crippen molar-refractivity contribution in [1.82, 2.24) is 0 Å². The van der Waals surface area contributed by atoms with E-state index in [2.05, 4.69) is 21.2 Å². The van der Waals surface area contributed by atoms with Gasteiger partial charge in [0.05, 0.1) is 11.5 Å². The van der Waals surface area contributed by atoms with Crippen molar-refractivity contribution in [2.24, 2.45) is 0 Å². The molecule has 0 bridgehead atoms. The predicted octanol–water partition coefficient (Wildman–Crippen LogP) is 3.74. The van der Waals surface area contributed by atoms with E-state index in [1.807, 2.05) is 25.1 Å². The van der Waals surface area contributed by atoms with E-state index in [0.29, 0.717) is 0 Å². The summed E-state index contributed by atoms with van der Waals surface area (Å²) in [5.41, 5.74) is 2.48. The Kier molecular flexibility index (Phi) is 5.33. The predicted molar refractivity (Wildman–Crippen MR) is 93.9 cm³/mol. The van der Waals surface area contributed by atoms with Crippen LogP contribution in [0.3, 0.4) is 0 Å². The van der Waals surface area contributed by atoms with E-state index in [1.165, 1.54) is 12.1 Å². The molecule has 0 radical (unpaired) electrons. The van der Waals surface area contributed by atoms with E-state index in [0.717, 1.165) is 21.4 Å². The molecule has 1 N–H and O–H groups in total. The molecule has 0 atom stereocenters. The maximum Gasteiger partial charge on any atom is 0.269 e. The van der Waals surface area contributed by atoms with Crippen molar-refractivity contribution in [3.8, 4) is 0 Å². The summed E-state index contributed by atoms with van der Waals surface area (Å²) >= 11 is 3.38. The molecular formula is C16H16BrN3O3. The van der Waals surface area contributed by atoms with Gasteiger partial charge in [-0.3, -0.25) is 14.9 Å². The number of amides is 1. The minimum Gasteiger partial charge on any atom is -0.365 e. The summed E-state index contributed by atoms with van der Waals surface area (Å²) in [4.78, 5) is 24.1. The molecule has 0 spiro atoms. The van der Waals surface area contributed by atoms with E-state index >= 15 is 0 Å². The second-order valence-electron chi connectivity index (χ2n) is 5.14. The molecule has 0 aliphatic heterocycles. The molecule has 0 fully saturated rings. The number of likely N-dealkylation sites (N-methyl/N-ethyl adjacent to an activating group) is 1. The van der Waals surface area contributed by atoms with Crippen LogP contribution in [0.15, 0.2) is 46.9 Å². The Morgan fingerprint density at radius 3 is 2.48 bits per heavy atom. The molecule has 0 saturated heterocycles. The molecule has 0 aromatic heterocycles. The van der Waals surface area contributed by atoms with Crippen LogP contribution < -0.4 is 10.2 Å². The largest absolute Gasteiger partial charge is 0.365 e. The zero-order valence-corrected chi connectivity index (χ0v) is 14.3. The van der Waals surface area contributed by atoms with E-state index < -0.39 is 4.92 Å². The average Bonchev–Trinajstić information content (AvgIpc) is 2.50. The van der Waals surface area contributed by atoms with Crippen molar-refractivity contribution >= 4 is 38.9 Å². The summed E-state index contributed by atoms with van der Waals surface area (Å²) in [7, 11) is 1.76. The van der Waals surface area contributed by atoms with Gasteiger partial charge in [-0.05, 0) is 42.8 Å². The van der Waals surface area contributed by atoms with E-state index in [1.54, 1.807) is 24.1 Å². The molecule has 23 heavy (non-hydrogen) atoms. The van der Waals surface area contributed by atoms with Crippen LogP contribution >= 0.6 is 15.9 Å². The van der Waals surface area contributed by atoms with Gasteiger partial charge < -0.3 is 10.2 Å². The third kappa shape index (κ3) is 4.53. The van der Waals surface area contributed by atoms with Crippen molar-refractivity contribution in [2.75, 3.05) is 23.8 Å². The smallest absolute Gasteiger partial charge is 0.269 e. The monoisotopic (exact) mass is 377 g/mol. The molecule has 0 aliphatic rings. The van der Waals surface area contributed by atoms with E-state index in [-0.39, 0.29) is 18.1 Å². The topological polar surface area (TPSA) is 75.5 Å². The third-order valence-corrected chi connectivity index (χ3v) is 3.84. The Morgan fingerprint density at radius 1 is 1.26 bits per heavy atom. The Labute approximate surface area is 142 Å². The van der Waals surface area contributed by atoms with Crippen LogP contribution in [0, 0.1) is 17.0 Å². The van der Waals surface area contributed by atoms with Crippen LogP contribution in [0.1, 0.15) is 5.56 Å². The molecule has 0 saturated carbocycles. The number of rotatable bonds is 5. The van der Waals surface area contributed by atoms with Crippen molar-refractivity contribution in [3.05, 3.63) is 62.6 Å². The van der Waals surface area contributed by atoms with Crippen LogP contribution in [0.2, 0.25) is 0 Å². The number of anilines is 2. The Bertz CT molecular complexity index is 732. The van der Waals surface area contributed by atoms with Crippen LogP contribution in [0.25, 0.3) is 0 Å². The highest BCUT2D eigenvalue weighted by atomic mass is 79.9. The van der Waals surface area contributed by atoms with Crippen molar-refractivity contribution in [3.63, 3.8) is 0 Å². The average molecular weight is 378 g/mol. The molecular weight excluding hydrogens is 362 g/mol. The normalized spacial score (nSPS) is 10.2. The molecule has 0 heterocycles. The minimum absolute atomic E-state index is 0.0251. The van der Waals surface area contributed by atoms with E-state index in [4.69, 9.17) is 0 Å². The highest BCUT2D eigenvalue weighted by Crippen LogP contribution is 2.21. The maximum absolute atomic E-state index is 12.1. The fourth-order valence-corrected chi connectivity index (χ4v) is 2.57. The Morgan fingerprint density at radius 2 is 1.91 bits per heavy atom. The molecule has 2 rings (SSSR count). The van der Waals surface area contributed by atoms with Gasteiger partial charge in [-0.15, -0.1) is 0 Å². The van der Waals surface area contributed by atoms with Gasteiger partial charge in [0.2, 0.25) is 5.91 Å². The number of nitrogens with one attached hydrogen (secondary N) is 1. The highest BCUT2D eigenvalue weighted by Gasteiger charge is 2.11. The maximum atomic E-state index is 12.1. The number of nitro benzene ring substituents is 1. The fourth-order valence-electron chi connectivity index (χ4n) is 2.09. The minimum atomic E-state index is -0.452. The summed E-state index contributed by atoms with van der Waals surface area (Å²) in [6.07, 6.45) is 0. The second kappa shape index (κ2) is 7.23. The van der Waals surface area contributed by atoms with Crippen LogP contribution in [0.5, 0.6) is 0 Å². The van der Waals surface area contributed by atoms with Crippen molar-refractivity contribution in [1.29, 1.82) is 0 Å². The van der Waals surface area contributed by atoms with Crippen molar-refractivity contribution < 1.29 is 9.72 Å². The van der Waals surface area contributed by atoms with Gasteiger partial charge in [0.15, 0.2) is 0 Å². The lowest BCUT2D eigenvalue weighted by molar-refractivity contribution is -0.384. The standard InChI is InChI=1S/C16H16BrN3O3/c1-11-9-12(17)3-8-15(11)18-16(21)10-19(2)13-4-6-14(7-5-13)20(22)23/h3-9H,10H2,1-2H3,(H,18,21). The first kappa shape index (κ1) is 17.0. The quantitative estimate of drug-likeness (QED) is 0.635. The number of aryl methyl sites for hydroxylation is 1. The number of halogens is 1. The summed E-state index contributed by atoms with van der Waals surface area (Å²) < 4.78 is 0.955. The fraction of sp³-hybridized carbons (Fsp3) is 0.188. The highest BCUT2D eigenvalue weighted by molar-refractivity contribution is 9.10. The molecule has 7 heteroatoms. The SMILES string of the molecule is Cc1cc(Br)ccc1NC(=O)CN(C)c1ccc([N+](=O)[O-])cc1. The van der Waals surface area contributed by atoms with Crippen molar-refractivity contribution in [2.45, 2.75) is 6.92 Å². The zero-order chi connectivity index (χ0) is 17.0. The third-order valence-electron chi connectivity index (χ3n) is 3.34.